The molecule has 4 heterocycles. The number of hydrogen-bond donors (Lipinski definition) is 3. The van der Waals surface area contributed by atoms with Gasteiger partial charge >= 0.3 is 0 Å². The Morgan fingerprint density at radius 1 is 0.941 bits per heavy atom. The molecule has 1 aliphatic rings. The van der Waals surface area contributed by atoms with E-state index < -0.39 is 0 Å². The summed E-state index contributed by atoms with van der Waals surface area (Å²) < 4.78 is 0. The summed E-state index contributed by atoms with van der Waals surface area (Å²) in [6, 6.07) is 17.2. The first-order valence-corrected chi connectivity index (χ1v) is 11.3. The highest BCUT2D eigenvalue weighted by Crippen LogP contribution is 2.33. The molecule has 1 aliphatic heterocycles. The lowest BCUT2D eigenvalue weighted by Gasteiger charge is -2.28. The molecule has 8 nitrogen and oxygen atoms in total. The van der Waals surface area contributed by atoms with Crippen LogP contribution in [-0.4, -0.2) is 51.9 Å². The van der Waals surface area contributed by atoms with Crippen molar-refractivity contribution in [2.75, 3.05) is 36.8 Å². The Morgan fingerprint density at radius 2 is 1.79 bits per heavy atom. The zero-order valence-corrected chi connectivity index (χ0v) is 18.5. The largest absolute Gasteiger partial charge is 0.398 e. The third-order valence-electron chi connectivity index (χ3n) is 6.26. The number of ketones is 1. The van der Waals surface area contributed by atoms with E-state index in [1.165, 1.54) is 0 Å². The molecule has 0 unspecified atom stereocenters. The fourth-order valence-electron chi connectivity index (χ4n) is 4.46. The first kappa shape index (κ1) is 20.3. The van der Waals surface area contributed by atoms with Crippen molar-refractivity contribution < 1.29 is 4.79 Å². The Balaban J connectivity index is 1.37. The summed E-state index contributed by atoms with van der Waals surface area (Å²) >= 11 is 0. The van der Waals surface area contributed by atoms with Crippen molar-refractivity contribution in [1.82, 2.24) is 25.3 Å². The van der Waals surface area contributed by atoms with Crippen molar-refractivity contribution in [2.45, 2.75) is 0 Å². The molecule has 168 valence electrons. The predicted octanol–water partition coefficient (Wildman–Crippen LogP) is 3.40. The van der Waals surface area contributed by atoms with E-state index in [9.17, 15) is 4.79 Å². The topological polar surface area (TPSA) is 113 Å². The molecule has 34 heavy (non-hydrogen) atoms. The summed E-state index contributed by atoms with van der Waals surface area (Å²) in [7, 11) is 0. The number of aromatic amines is 1. The van der Waals surface area contributed by atoms with Crippen LogP contribution in [0.3, 0.4) is 0 Å². The number of imidazole rings is 1. The fourth-order valence-corrected chi connectivity index (χ4v) is 4.46. The summed E-state index contributed by atoms with van der Waals surface area (Å²) in [5.41, 5.74) is 10.3. The van der Waals surface area contributed by atoms with Crippen LogP contribution in [0.5, 0.6) is 0 Å². The SMILES string of the molecule is Nc1ccc(C(=O)c2nc3nc(N4CCNCC4)ccc3[nH]2)cc1-c1cncc2ccccc12. The van der Waals surface area contributed by atoms with Gasteiger partial charge in [0.05, 0.1) is 5.52 Å². The maximum atomic E-state index is 13.4. The third kappa shape index (κ3) is 3.54. The van der Waals surface area contributed by atoms with Gasteiger partial charge in [0.15, 0.2) is 11.5 Å². The second-order valence-electron chi connectivity index (χ2n) is 8.40. The zero-order valence-electron chi connectivity index (χ0n) is 18.5. The predicted molar refractivity (Wildman–Crippen MR) is 134 cm³/mol. The van der Waals surface area contributed by atoms with Gasteiger partial charge < -0.3 is 20.9 Å². The molecule has 1 saturated heterocycles. The second kappa shape index (κ2) is 8.24. The van der Waals surface area contributed by atoms with E-state index in [4.69, 9.17) is 5.73 Å². The van der Waals surface area contributed by atoms with Crippen molar-refractivity contribution in [3.05, 3.63) is 78.4 Å². The lowest BCUT2D eigenvalue weighted by Crippen LogP contribution is -2.43. The van der Waals surface area contributed by atoms with Gasteiger partial charge in [0.1, 0.15) is 5.82 Å². The number of hydrogen-bond acceptors (Lipinski definition) is 7. The van der Waals surface area contributed by atoms with Crippen LogP contribution >= 0.6 is 0 Å². The van der Waals surface area contributed by atoms with Crippen LogP contribution in [0.1, 0.15) is 16.2 Å². The molecule has 0 amide bonds. The minimum atomic E-state index is -0.212. The number of nitrogens with zero attached hydrogens (tertiary/aromatic N) is 4. The van der Waals surface area contributed by atoms with Gasteiger partial charge in [-0.15, -0.1) is 0 Å². The molecule has 0 bridgehead atoms. The molecule has 4 N–H and O–H groups in total. The van der Waals surface area contributed by atoms with Crippen LogP contribution in [0.15, 0.2) is 67.0 Å². The normalized spacial score (nSPS) is 14.1. The van der Waals surface area contributed by atoms with Gasteiger partial charge in [0.2, 0.25) is 5.78 Å². The molecular weight excluding hydrogens is 426 g/mol. The van der Waals surface area contributed by atoms with Gasteiger partial charge in [-0.1, -0.05) is 24.3 Å². The number of H-pyrrole nitrogens is 1. The average Bonchev–Trinajstić information content (AvgIpc) is 3.32. The van der Waals surface area contributed by atoms with Gasteiger partial charge in [-0.05, 0) is 35.7 Å². The number of benzene rings is 2. The molecule has 6 rings (SSSR count). The van der Waals surface area contributed by atoms with Crippen LogP contribution in [0.25, 0.3) is 33.1 Å². The quantitative estimate of drug-likeness (QED) is 0.285. The van der Waals surface area contributed by atoms with E-state index in [0.29, 0.717) is 16.9 Å². The van der Waals surface area contributed by atoms with Crippen molar-refractivity contribution in [2.24, 2.45) is 0 Å². The highest BCUT2D eigenvalue weighted by atomic mass is 16.1. The number of fused-ring (bicyclic) bond motifs is 2. The van der Waals surface area contributed by atoms with E-state index in [1.54, 1.807) is 18.3 Å². The van der Waals surface area contributed by atoms with E-state index >= 15 is 0 Å². The Hall–Kier alpha value is -4.30. The molecule has 3 aromatic heterocycles. The number of nitrogens with two attached hydrogens (primary N) is 1. The van der Waals surface area contributed by atoms with Gasteiger partial charge in [-0.3, -0.25) is 9.78 Å². The number of anilines is 2. The van der Waals surface area contributed by atoms with Crippen LogP contribution in [0, 0.1) is 0 Å². The Kier molecular flexibility index (Phi) is 4.92. The highest BCUT2D eigenvalue weighted by molar-refractivity contribution is 6.09. The number of piperazine rings is 1. The Bertz CT molecular complexity index is 1530. The molecule has 8 heteroatoms. The van der Waals surface area contributed by atoms with Crippen LogP contribution in [0.4, 0.5) is 11.5 Å². The van der Waals surface area contributed by atoms with Gasteiger partial charge in [0.25, 0.3) is 0 Å². The van der Waals surface area contributed by atoms with E-state index in [2.05, 4.69) is 30.2 Å². The van der Waals surface area contributed by atoms with Crippen molar-refractivity contribution in [3.8, 4) is 11.1 Å². The second-order valence-corrected chi connectivity index (χ2v) is 8.40. The minimum absolute atomic E-state index is 0.212. The Morgan fingerprint density at radius 3 is 2.68 bits per heavy atom. The maximum Gasteiger partial charge on any atom is 0.228 e. The summed E-state index contributed by atoms with van der Waals surface area (Å²) in [6.45, 7) is 3.64. The molecule has 0 saturated carbocycles. The van der Waals surface area contributed by atoms with Crippen LogP contribution in [-0.2, 0) is 0 Å². The molecule has 0 aliphatic carbocycles. The molecular formula is C26H23N7O. The van der Waals surface area contributed by atoms with Gasteiger partial charge in [-0.25, -0.2) is 9.97 Å². The molecule has 0 spiro atoms. The maximum absolute atomic E-state index is 13.4. The van der Waals surface area contributed by atoms with Gasteiger partial charge in [-0.2, -0.15) is 0 Å². The Labute approximate surface area is 195 Å². The molecule has 0 radical (unpaired) electrons. The summed E-state index contributed by atoms with van der Waals surface area (Å²) in [6.07, 6.45) is 3.60. The number of rotatable bonds is 4. The van der Waals surface area contributed by atoms with Crippen molar-refractivity contribution in [3.63, 3.8) is 0 Å². The number of aromatic nitrogens is 4. The van der Waals surface area contributed by atoms with Crippen LogP contribution in [0.2, 0.25) is 0 Å². The number of nitrogens with one attached hydrogen (secondary N) is 2. The molecule has 2 aromatic carbocycles. The number of pyridine rings is 2. The summed E-state index contributed by atoms with van der Waals surface area (Å²) in [4.78, 5) is 32.3. The molecule has 1 fully saturated rings. The van der Waals surface area contributed by atoms with E-state index in [1.807, 2.05) is 48.7 Å². The standard InChI is InChI=1S/C26H23N7O/c27-21-6-5-16(13-19(21)20-15-29-14-17-3-1-2-4-18(17)20)24(34)26-30-22-7-8-23(31-25(22)32-26)33-11-9-28-10-12-33/h1-8,13-15,28H,9-12,27H2,(H,30,31,32). The smallest absolute Gasteiger partial charge is 0.228 e. The molecule has 0 atom stereocenters. The lowest BCUT2D eigenvalue weighted by atomic mass is 9.96. The number of carbonyl (C=O) groups excluding carboxylic acids is 1. The van der Waals surface area contributed by atoms with Crippen LogP contribution < -0.4 is 16.0 Å². The molecule has 5 aromatic rings. The third-order valence-corrected chi connectivity index (χ3v) is 6.26. The first-order chi connectivity index (χ1) is 16.7. The summed E-state index contributed by atoms with van der Waals surface area (Å²) in [5.74, 6) is 0.917. The lowest BCUT2D eigenvalue weighted by molar-refractivity contribution is 0.103. The average molecular weight is 450 g/mol. The minimum Gasteiger partial charge on any atom is -0.398 e. The first-order valence-electron chi connectivity index (χ1n) is 11.3. The van der Waals surface area contributed by atoms with Gasteiger partial charge in [0, 0.05) is 66.3 Å². The van der Waals surface area contributed by atoms with Crippen molar-refractivity contribution in [1.29, 1.82) is 0 Å². The van der Waals surface area contributed by atoms with E-state index in [-0.39, 0.29) is 11.6 Å². The zero-order chi connectivity index (χ0) is 23.1. The number of carbonyl (C=O) groups is 1. The summed E-state index contributed by atoms with van der Waals surface area (Å²) in [5, 5.41) is 5.38. The fraction of sp³-hybridized carbons (Fsp3) is 0.154. The highest BCUT2D eigenvalue weighted by Gasteiger charge is 2.19. The monoisotopic (exact) mass is 449 g/mol. The number of nitrogen functional groups attached to an aromatic ring is 1. The van der Waals surface area contributed by atoms with Crippen molar-refractivity contribution >= 4 is 39.2 Å². The van der Waals surface area contributed by atoms with E-state index in [0.717, 1.165) is 59.4 Å².